The van der Waals surface area contributed by atoms with Crippen LogP contribution in [0.5, 0.6) is 0 Å². The summed E-state index contributed by atoms with van der Waals surface area (Å²) in [7, 11) is 3.08. The second kappa shape index (κ2) is 18.8. The van der Waals surface area contributed by atoms with Gasteiger partial charge in [-0.3, -0.25) is 9.59 Å². The van der Waals surface area contributed by atoms with Crippen molar-refractivity contribution in [1.29, 1.82) is 0 Å². The van der Waals surface area contributed by atoms with Crippen LogP contribution < -0.4 is 0 Å². The molecule has 4 aliphatic rings. The second-order valence-electron chi connectivity index (χ2n) is 17.2. The maximum absolute atomic E-state index is 12.6. The van der Waals surface area contributed by atoms with Gasteiger partial charge in [0.25, 0.3) is 0 Å². The number of aliphatic hydroxyl groups excluding tert-OH is 3. The Morgan fingerprint density at radius 3 is 2.09 bits per heavy atom. The van der Waals surface area contributed by atoms with E-state index in [1.54, 1.807) is 19.3 Å². The van der Waals surface area contributed by atoms with E-state index in [1.165, 1.54) is 21.0 Å². The molecule has 14 heteroatoms. The first-order chi connectivity index (χ1) is 26.2. The predicted molar refractivity (Wildman–Crippen MR) is 205 cm³/mol. The summed E-state index contributed by atoms with van der Waals surface area (Å²) in [5.41, 5.74) is -0.122. The van der Waals surface area contributed by atoms with Gasteiger partial charge in [0.2, 0.25) is 5.79 Å². The lowest BCUT2D eigenvalue weighted by Crippen LogP contribution is -2.63. The molecular weight excluding hydrogens is 728 g/mol. The summed E-state index contributed by atoms with van der Waals surface area (Å²) in [5.74, 6) is -4.48. The Morgan fingerprint density at radius 1 is 0.857 bits per heavy atom. The topological polar surface area (TPSA) is 178 Å². The van der Waals surface area contributed by atoms with Crippen molar-refractivity contribution < 1.29 is 67.5 Å². The maximum Gasteiger partial charge on any atom is 0.303 e. The predicted octanol–water partition coefficient (Wildman–Crippen LogP) is 4.81. The molecule has 0 aromatic heterocycles. The lowest BCUT2D eigenvalue weighted by Gasteiger charge is -2.55. The summed E-state index contributed by atoms with van der Waals surface area (Å²) < 4.78 is 56.9. The van der Waals surface area contributed by atoms with Crippen LogP contribution in [0.4, 0.5) is 0 Å². The highest BCUT2D eigenvalue weighted by Crippen LogP contribution is 2.52. The van der Waals surface area contributed by atoms with E-state index in [1.807, 2.05) is 60.6 Å². The van der Waals surface area contributed by atoms with Crippen LogP contribution in [0.25, 0.3) is 0 Å². The number of aliphatic hydroxyl groups is 3. The number of rotatable bonds is 15. The highest BCUT2D eigenvalue weighted by Gasteiger charge is 2.60. The van der Waals surface area contributed by atoms with Crippen LogP contribution in [0.1, 0.15) is 107 Å². The fourth-order valence-corrected chi connectivity index (χ4v) is 9.08. The molecule has 4 rings (SSSR count). The number of methoxy groups -OCH3 is 2. The number of carbonyl (C=O) groups is 2. The van der Waals surface area contributed by atoms with Crippen LogP contribution in [0.3, 0.4) is 0 Å². The summed E-state index contributed by atoms with van der Waals surface area (Å²) in [6.45, 7) is 15.6. The normalized spacial score (nSPS) is 37.6. The van der Waals surface area contributed by atoms with Gasteiger partial charge in [-0.05, 0) is 52.0 Å². The third-order valence-corrected chi connectivity index (χ3v) is 11.9. The van der Waals surface area contributed by atoms with Gasteiger partial charge < -0.3 is 58.0 Å². The Hall–Kier alpha value is -2.24. The first-order valence-corrected chi connectivity index (χ1v) is 19.9. The minimum absolute atomic E-state index is 0.104. The van der Waals surface area contributed by atoms with Crippen molar-refractivity contribution >= 4 is 11.9 Å². The van der Waals surface area contributed by atoms with Crippen LogP contribution in [0.15, 0.2) is 35.5 Å². The maximum atomic E-state index is 12.6. The zero-order valence-corrected chi connectivity index (χ0v) is 35.3. The van der Waals surface area contributed by atoms with Crippen molar-refractivity contribution in [1.82, 2.24) is 0 Å². The Bertz CT molecular complexity index is 1440. The van der Waals surface area contributed by atoms with Crippen molar-refractivity contribution in [2.24, 2.45) is 10.8 Å². The van der Waals surface area contributed by atoms with Crippen molar-refractivity contribution in [2.45, 2.75) is 173 Å². The van der Waals surface area contributed by atoms with E-state index in [4.69, 9.17) is 42.6 Å². The van der Waals surface area contributed by atoms with Crippen molar-refractivity contribution in [3.05, 3.63) is 35.5 Å². The number of carbonyl (C=O) groups excluding carboxylic acids is 2. The second-order valence-corrected chi connectivity index (χ2v) is 17.2. The monoisotopic (exact) mass is 796 g/mol. The molecule has 320 valence electrons. The molecule has 14 nitrogen and oxygen atoms in total. The van der Waals surface area contributed by atoms with Crippen LogP contribution in [-0.4, -0.2) is 127 Å². The number of hydrogen-bond acceptors (Lipinski definition) is 14. The lowest BCUT2D eigenvalue weighted by atomic mass is 9.70. The average molecular weight is 797 g/mol. The average Bonchev–Trinajstić information content (AvgIpc) is 3.36. The number of esters is 2. The zero-order valence-electron chi connectivity index (χ0n) is 35.3. The molecule has 0 amide bonds. The van der Waals surface area contributed by atoms with Crippen molar-refractivity contribution in [3.8, 4) is 0 Å². The van der Waals surface area contributed by atoms with Gasteiger partial charge in [0.1, 0.15) is 6.10 Å². The Balaban J connectivity index is 1.68. The van der Waals surface area contributed by atoms with E-state index < -0.39 is 76.8 Å². The standard InChI is InChI=1S/C42H68O14/c1-26-35(56-40(8,9)53-26)23-33-22-30(14-18-44)37(51-28(3)47)42(49-11,55-33)38(4,5)16-12-31-20-29(13-17-43)21-34(52-31)25-41(48-10)39(6,7)36(50-27(2)46)24-32(54-41)15-19-45/h12-14,16,26,31-37,43-45H,15,17-25H2,1-11H3/b16-12+,29-13+,30-14+/t26-,31+,32-,33+,34+,35-,36+,37+,41+,42-/m1/s1. The summed E-state index contributed by atoms with van der Waals surface area (Å²) in [6.07, 6.45) is 6.39. The Morgan fingerprint density at radius 2 is 1.54 bits per heavy atom. The van der Waals surface area contributed by atoms with E-state index in [9.17, 15) is 24.9 Å². The number of hydrogen-bond donors (Lipinski definition) is 3. The lowest BCUT2D eigenvalue weighted by molar-refractivity contribution is -0.357. The molecule has 3 N–H and O–H groups in total. The largest absolute Gasteiger partial charge is 0.462 e. The van der Waals surface area contributed by atoms with Gasteiger partial charge in [-0.1, -0.05) is 57.6 Å². The summed E-state index contributed by atoms with van der Waals surface area (Å²) in [5, 5.41) is 29.9. The van der Waals surface area contributed by atoms with E-state index in [0.29, 0.717) is 44.1 Å². The van der Waals surface area contributed by atoms with Gasteiger partial charge in [-0.25, -0.2) is 0 Å². The summed E-state index contributed by atoms with van der Waals surface area (Å²) in [4.78, 5) is 24.8. The molecule has 0 aromatic carbocycles. The molecule has 0 unspecified atom stereocenters. The fraction of sp³-hybridized carbons (Fsp3) is 0.810. The molecule has 0 aromatic rings. The molecular formula is C42H68O14. The van der Waals surface area contributed by atoms with Gasteiger partial charge in [0.05, 0.1) is 55.3 Å². The minimum Gasteiger partial charge on any atom is -0.462 e. The molecule has 4 aliphatic heterocycles. The first kappa shape index (κ1) is 46.4. The van der Waals surface area contributed by atoms with E-state index in [0.717, 1.165) is 5.57 Å². The van der Waals surface area contributed by atoms with Crippen LogP contribution in [0, 0.1) is 10.8 Å². The van der Waals surface area contributed by atoms with Gasteiger partial charge in [0.15, 0.2) is 17.7 Å². The first-order valence-electron chi connectivity index (χ1n) is 19.9. The van der Waals surface area contributed by atoms with Gasteiger partial charge in [0, 0.05) is 59.4 Å². The van der Waals surface area contributed by atoms with Gasteiger partial charge >= 0.3 is 11.9 Å². The Labute approximate surface area is 332 Å². The molecule has 10 atom stereocenters. The zero-order chi connectivity index (χ0) is 41.7. The fourth-order valence-electron chi connectivity index (χ4n) is 9.08. The smallest absolute Gasteiger partial charge is 0.303 e. The number of ether oxygens (including phenoxy) is 9. The SMILES string of the molecule is CO[C@@]1(C[C@@H]2C/C(=C/CO)C[C@H](/C=C/C(C)(C)[C@]3(OC)O[C@H](C[C@H]4OC(C)(C)O[C@@H]4C)C/C(=C\CO)[C@@H]3OC(C)=O)O2)O[C@H](CCO)C[C@H](OC(C)=O)C1(C)C. The third-order valence-electron chi connectivity index (χ3n) is 11.9. The van der Waals surface area contributed by atoms with Crippen LogP contribution in [-0.2, 0) is 52.2 Å². The summed E-state index contributed by atoms with van der Waals surface area (Å²) >= 11 is 0. The van der Waals surface area contributed by atoms with Crippen LogP contribution >= 0.6 is 0 Å². The third kappa shape index (κ3) is 10.3. The van der Waals surface area contributed by atoms with E-state index in [-0.39, 0.29) is 38.4 Å². The Kier molecular flexibility index (Phi) is 15.6. The highest BCUT2D eigenvalue weighted by atomic mass is 16.8. The molecule has 56 heavy (non-hydrogen) atoms. The van der Waals surface area contributed by atoms with Gasteiger partial charge in [-0.15, -0.1) is 0 Å². The molecule has 4 saturated heterocycles. The molecule has 0 saturated carbocycles. The van der Waals surface area contributed by atoms with Crippen LogP contribution in [0.2, 0.25) is 0 Å². The quantitative estimate of drug-likeness (QED) is 0.152. The molecule has 4 fully saturated rings. The van der Waals surface area contributed by atoms with Crippen molar-refractivity contribution in [2.75, 3.05) is 34.0 Å². The van der Waals surface area contributed by atoms with Crippen molar-refractivity contribution in [3.63, 3.8) is 0 Å². The van der Waals surface area contributed by atoms with E-state index >= 15 is 0 Å². The molecule has 0 spiro atoms. The van der Waals surface area contributed by atoms with Gasteiger partial charge in [-0.2, -0.15) is 0 Å². The molecule has 4 heterocycles. The molecule has 0 radical (unpaired) electrons. The highest BCUT2D eigenvalue weighted by molar-refractivity contribution is 5.67. The molecule has 0 bridgehead atoms. The molecule has 0 aliphatic carbocycles. The van der Waals surface area contributed by atoms with E-state index in [2.05, 4.69) is 0 Å². The summed E-state index contributed by atoms with van der Waals surface area (Å²) in [6, 6.07) is 0. The minimum atomic E-state index is -1.54.